The lowest BCUT2D eigenvalue weighted by Gasteiger charge is -2.42. The van der Waals surface area contributed by atoms with E-state index in [0.29, 0.717) is 6.54 Å². The van der Waals surface area contributed by atoms with Crippen LogP contribution in [0.15, 0.2) is 12.1 Å². The van der Waals surface area contributed by atoms with E-state index in [1.807, 2.05) is 6.07 Å². The average molecular weight is 294 g/mol. The zero-order valence-electron chi connectivity index (χ0n) is 13.1. The number of aryl methyl sites for hydroxylation is 1. The van der Waals surface area contributed by atoms with Gasteiger partial charge in [-0.2, -0.15) is 0 Å². The molecule has 0 atom stereocenters. The van der Waals surface area contributed by atoms with Crippen molar-refractivity contribution in [1.82, 2.24) is 9.80 Å². The molecule has 1 aromatic heterocycles. The predicted octanol–water partition coefficient (Wildman–Crippen LogP) is 2.91. The van der Waals surface area contributed by atoms with Crippen molar-refractivity contribution >= 4 is 17.1 Å². The smallest absolute Gasteiger partial charge is 0.186 e. The standard InChI is InChI=1S/C16H26N2OS/c1-5-13-6-7-15(20-13)14(19)12-17-8-10-18(11-9-17)16(2,3)4/h6-7H,5,8-12H2,1-4H3. The van der Waals surface area contributed by atoms with Gasteiger partial charge in [0, 0.05) is 36.6 Å². The van der Waals surface area contributed by atoms with E-state index < -0.39 is 0 Å². The summed E-state index contributed by atoms with van der Waals surface area (Å²) in [5.74, 6) is 0.277. The Morgan fingerprint density at radius 1 is 1.20 bits per heavy atom. The summed E-state index contributed by atoms with van der Waals surface area (Å²) in [7, 11) is 0. The molecule has 4 heteroatoms. The second kappa shape index (κ2) is 6.37. The van der Waals surface area contributed by atoms with Crippen LogP contribution in [-0.2, 0) is 6.42 Å². The molecule has 0 spiro atoms. The van der Waals surface area contributed by atoms with Gasteiger partial charge in [0.25, 0.3) is 0 Å². The molecule has 0 bridgehead atoms. The summed E-state index contributed by atoms with van der Waals surface area (Å²) >= 11 is 1.65. The number of carbonyl (C=O) groups excluding carboxylic acids is 1. The minimum atomic E-state index is 0.236. The quantitative estimate of drug-likeness (QED) is 0.798. The Balaban J connectivity index is 1.85. The third kappa shape index (κ3) is 3.90. The molecule has 3 nitrogen and oxygen atoms in total. The third-order valence-electron chi connectivity index (χ3n) is 3.97. The summed E-state index contributed by atoms with van der Waals surface area (Å²) in [5.41, 5.74) is 0.236. The van der Waals surface area contributed by atoms with Crippen molar-refractivity contribution in [2.24, 2.45) is 0 Å². The molecule has 1 aliphatic rings. The monoisotopic (exact) mass is 294 g/mol. The first kappa shape index (κ1) is 15.7. The summed E-state index contributed by atoms with van der Waals surface area (Å²) in [6.07, 6.45) is 1.02. The highest BCUT2D eigenvalue weighted by atomic mass is 32.1. The van der Waals surface area contributed by atoms with Gasteiger partial charge in [0.15, 0.2) is 5.78 Å². The van der Waals surface area contributed by atoms with Gasteiger partial charge < -0.3 is 0 Å². The van der Waals surface area contributed by atoms with Crippen LogP contribution in [0, 0.1) is 0 Å². The van der Waals surface area contributed by atoms with Crippen LogP contribution in [0.4, 0.5) is 0 Å². The van der Waals surface area contributed by atoms with E-state index >= 15 is 0 Å². The van der Waals surface area contributed by atoms with E-state index in [2.05, 4.69) is 43.6 Å². The van der Waals surface area contributed by atoms with Crippen LogP contribution in [0.1, 0.15) is 42.2 Å². The van der Waals surface area contributed by atoms with Crippen LogP contribution in [0.2, 0.25) is 0 Å². The van der Waals surface area contributed by atoms with Crippen LogP contribution in [0.5, 0.6) is 0 Å². The average Bonchev–Trinajstić information content (AvgIpc) is 2.87. The van der Waals surface area contributed by atoms with Gasteiger partial charge >= 0.3 is 0 Å². The van der Waals surface area contributed by atoms with Gasteiger partial charge in [-0.25, -0.2) is 0 Å². The summed E-state index contributed by atoms with van der Waals surface area (Å²) in [4.78, 5) is 19.3. The highest BCUT2D eigenvalue weighted by molar-refractivity contribution is 7.14. The molecule has 2 heterocycles. The second-order valence-electron chi connectivity index (χ2n) is 6.48. The molecular weight excluding hydrogens is 268 g/mol. The maximum Gasteiger partial charge on any atom is 0.186 e. The molecule has 0 amide bonds. The molecule has 1 saturated heterocycles. The largest absolute Gasteiger partial charge is 0.296 e. The van der Waals surface area contributed by atoms with E-state index in [4.69, 9.17) is 0 Å². The molecule has 0 unspecified atom stereocenters. The number of rotatable bonds is 4. The molecule has 0 aliphatic carbocycles. The fourth-order valence-electron chi connectivity index (χ4n) is 2.58. The number of hydrogen-bond acceptors (Lipinski definition) is 4. The molecule has 2 rings (SSSR count). The first-order valence-electron chi connectivity index (χ1n) is 7.49. The van der Waals surface area contributed by atoms with Crippen LogP contribution in [0.25, 0.3) is 0 Å². The Hall–Kier alpha value is -0.710. The molecule has 20 heavy (non-hydrogen) atoms. The van der Waals surface area contributed by atoms with Crippen LogP contribution >= 0.6 is 11.3 Å². The van der Waals surface area contributed by atoms with Crippen molar-refractivity contribution in [3.63, 3.8) is 0 Å². The van der Waals surface area contributed by atoms with Gasteiger partial charge in [-0.3, -0.25) is 14.6 Å². The molecule has 1 aromatic rings. The minimum absolute atomic E-state index is 0.236. The fourth-order valence-corrected chi connectivity index (χ4v) is 3.45. The number of nitrogens with zero attached hydrogens (tertiary/aromatic N) is 2. The maximum absolute atomic E-state index is 12.3. The van der Waals surface area contributed by atoms with E-state index in [1.165, 1.54) is 4.88 Å². The number of thiophene rings is 1. The molecule has 0 N–H and O–H groups in total. The van der Waals surface area contributed by atoms with Crippen LogP contribution in [0.3, 0.4) is 0 Å². The van der Waals surface area contributed by atoms with Gasteiger partial charge in [0.1, 0.15) is 0 Å². The molecule has 1 fully saturated rings. The lowest BCUT2D eigenvalue weighted by Crippen LogP contribution is -2.54. The van der Waals surface area contributed by atoms with Gasteiger partial charge in [-0.05, 0) is 39.3 Å². The second-order valence-corrected chi connectivity index (χ2v) is 7.65. The molecule has 1 aliphatic heterocycles. The molecule has 112 valence electrons. The van der Waals surface area contributed by atoms with Crippen LogP contribution < -0.4 is 0 Å². The Morgan fingerprint density at radius 2 is 1.85 bits per heavy atom. The highest BCUT2D eigenvalue weighted by Crippen LogP contribution is 2.19. The van der Waals surface area contributed by atoms with Crippen molar-refractivity contribution in [3.8, 4) is 0 Å². The number of hydrogen-bond donors (Lipinski definition) is 0. The van der Waals surface area contributed by atoms with Crippen molar-refractivity contribution in [2.75, 3.05) is 32.7 Å². The molecule has 0 saturated carbocycles. The Labute approximate surface area is 126 Å². The first-order chi connectivity index (χ1) is 9.40. The predicted molar refractivity (Wildman–Crippen MR) is 85.8 cm³/mol. The van der Waals surface area contributed by atoms with E-state index in [0.717, 1.165) is 37.5 Å². The zero-order valence-corrected chi connectivity index (χ0v) is 13.9. The van der Waals surface area contributed by atoms with Gasteiger partial charge in [0.05, 0.1) is 11.4 Å². The third-order valence-corrected chi connectivity index (χ3v) is 5.24. The Morgan fingerprint density at radius 3 is 2.35 bits per heavy atom. The van der Waals surface area contributed by atoms with E-state index in [1.54, 1.807) is 11.3 Å². The Bertz CT molecular complexity index is 453. The minimum Gasteiger partial charge on any atom is -0.296 e. The molecule has 0 aromatic carbocycles. The van der Waals surface area contributed by atoms with Crippen molar-refractivity contribution < 1.29 is 4.79 Å². The molecule has 0 radical (unpaired) electrons. The SMILES string of the molecule is CCc1ccc(C(=O)CN2CCN(C(C)(C)C)CC2)s1. The normalized spacial score (nSPS) is 18.4. The lowest BCUT2D eigenvalue weighted by atomic mass is 10.0. The van der Waals surface area contributed by atoms with Crippen LogP contribution in [-0.4, -0.2) is 53.8 Å². The summed E-state index contributed by atoms with van der Waals surface area (Å²) in [5, 5.41) is 0. The van der Waals surface area contributed by atoms with Crippen molar-refractivity contribution in [2.45, 2.75) is 39.7 Å². The van der Waals surface area contributed by atoms with Gasteiger partial charge in [-0.15, -0.1) is 11.3 Å². The number of ketones is 1. The number of carbonyl (C=O) groups is 1. The van der Waals surface area contributed by atoms with Crippen molar-refractivity contribution in [3.05, 3.63) is 21.9 Å². The van der Waals surface area contributed by atoms with Gasteiger partial charge in [-0.1, -0.05) is 6.92 Å². The van der Waals surface area contributed by atoms with E-state index in [9.17, 15) is 4.79 Å². The summed E-state index contributed by atoms with van der Waals surface area (Å²) < 4.78 is 0. The summed E-state index contributed by atoms with van der Waals surface area (Å²) in [6, 6.07) is 4.06. The highest BCUT2D eigenvalue weighted by Gasteiger charge is 2.26. The number of Topliss-reactive ketones (excluding diaryl/α,β-unsaturated/α-hetero) is 1. The number of piperazine rings is 1. The maximum atomic E-state index is 12.3. The Kier molecular flexibility index (Phi) is 4.99. The zero-order chi connectivity index (χ0) is 14.8. The first-order valence-corrected chi connectivity index (χ1v) is 8.31. The fraction of sp³-hybridized carbons (Fsp3) is 0.688. The lowest BCUT2D eigenvalue weighted by molar-refractivity contribution is 0.0580. The van der Waals surface area contributed by atoms with Gasteiger partial charge in [0.2, 0.25) is 0 Å². The topological polar surface area (TPSA) is 23.6 Å². The van der Waals surface area contributed by atoms with E-state index in [-0.39, 0.29) is 11.3 Å². The van der Waals surface area contributed by atoms with Crippen molar-refractivity contribution in [1.29, 1.82) is 0 Å². The summed E-state index contributed by atoms with van der Waals surface area (Å²) in [6.45, 7) is 13.6. The molecular formula is C16H26N2OS.